The fourth-order valence-electron chi connectivity index (χ4n) is 1.97. The van der Waals surface area contributed by atoms with E-state index in [4.69, 9.17) is 0 Å². The smallest absolute Gasteiger partial charge is 0.274 e. The van der Waals surface area contributed by atoms with Crippen molar-refractivity contribution < 1.29 is 9.72 Å². The molecule has 0 aliphatic heterocycles. The van der Waals surface area contributed by atoms with Crippen molar-refractivity contribution in [2.45, 2.75) is 20.8 Å². The van der Waals surface area contributed by atoms with Crippen LogP contribution in [0.1, 0.15) is 27.0 Å². The SMILES string of the molecule is Cc1ccc(C(=O)Nc2ccc(C)c([N+](=O)[O-])c2)cc1C. The Labute approximate surface area is 122 Å². The van der Waals surface area contributed by atoms with Gasteiger partial charge in [0.25, 0.3) is 11.6 Å². The number of carbonyl (C=O) groups excluding carboxylic acids is 1. The molecule has 1 N–H and O–H groups in total. The number of anilines is 1. The van der Waals surface area contributed by atoms with Gasteiger partial charge in [-0.15, -0.1) is 0 Å². The van der Waals surface area contributed by atoms with Crippen molar-refractivity contribution in [2.24, 2.45) is 0 Å². The van der Waals surface area contributed by atoms with Gasteiger partial charge in [0.1, 0.15) is 0 Å². The van der Waals surface area contributed by atoms with Crippen LogP contribution in [0.3, 0.4) is 0 Å². The van der Waals surface area contributed by atoms with E-state index in [1.807, 2.05) is 19.9 Å². The van der Waals surface area contributed by atoms with Crippen molar-refractivity contribution in [2.75, 3.05) is 5.32 Å². The Morgan fingerprint density at radius 3 is 2.29 bits per heavy atom. The van der Waals surface area contributed by atoms with E-state index in [1.165, 1.54) is 6.07 Å². The molecule has 108 valence electrons. The lowest BCUT2D eigenvalue weighted by molar-refractivity contribution is -0.385. The summed E-state index contributed by atoms with van der Waals surface area (Å²) < 4.78 is 0. The number of rotatable bonds is 3. The van der Waals surface area contributed by atoms with Gasteiger partial charge in [-0.05, 0) is 50.1 Å². The molecule has 5 heteroatoms. The van der Waals surface area contributed by atoms with Crippen LogP contribution in [0.4, 0.5) is 11.4 Å². The number of hydrogen-bond acceptors (Lipinski definition) is 3. The normalized spacial score (nSPS) is 10.2. The van der Waals surface area contributed by atoms with E-state index in [-0.39, 0.29) is 11.6 Å². The second-order valence-electron chi connectivity index (χ2n) is 5.01. The molecule has 0 unspecified atom stereocenters. The van der Waals surface area contributed by atoms with Gasteiger partial charge in [0.15, 0.2) is 0 Å². The fraction of sp³-hybridized carbons (Fsp3) is 0.188. The van der Waals surface area contributed by atoms with Gasteiger partial charge in [-0.25, -0.2) is 0 Å². The highest BCUT2D eigenvalue weighted by atomic mass is 16.6. The minimum absolute atomic E-state index is 0.00659. The number of nitro groups is 1. The molecule has 0 saturated carbocycles. The maximum atomic E-state index is 12.2. The summed E-state index contributed by atoms with van der Waals surface area (Å²) in [5.74, 6) is -0.281. The van der Waals surface area contributed by atoms with Crippen LogP contribution in [0.15, 0.2) is 36.4 Å². The maximum absolute atomic E-state index is 12.2. The quantitative estimate of drug-likeness (QED) is 0.688. The molecule has 1 amide bonds. The second-order valence-corrected chi connectivity index (χ2v) is 5.01. The van der Waals surface area contributed by atoms with Gasteiger partial charge in [-0.3, -0.25) is 14.9 Å². The lowest BCUT2D eigenvalue weighted by Gasteiger charge is -2.08. The number of nitrogens with zero attached hydrogens (tertiary/aromatic N) is 1. The molecular formula is C16H16N2O3. The van der Waals surface area contributed by atoms with Crippen LogP contribution >= 0.6 is 0 Å². The zero-order chi connectivity index (χ0) is 15.6. The standard InChI is InChI=1S/C16H16N2O3/c1-10-4-6-13(8-12(10)3)16(19)17-14-7-5-11(2)15(9-14)18(20)21/h4-9H,1-3H3,(H,17,19). The van der Waals surface area contributed by atoms with Crippen molar-refractivity contribution in [1.29, 1.82) is 0 Å². The molecule has 0 atom stereocenters. The van der Waals surface area contributed by atoms with E-state index in [0.717, 1.165) is 11.1 Å². The zero-order valence-corrected chi connectivity index (χ0v) is 12.1. The molecule has 0 aromatic heterocycles. The van der Waals surface area contributed by atoms with E-state index in [2.05, 4.69) is 5.32 Å². The number of carbonyl (C=O) groups is 1. The molecule has 0 aliphatic carbocycles. The highest BCUT2D eigenvalue weighted by molar-refractivity contribution is 6.04. The van der Waals surface area contributed by atoms with Crippen LogP contribution in [-0.4, -0.2) is 10.8 Å². The van der Waals surface area contributed by atoms with Crippen molar-refractivity contribution in [3.63, 3.8) is 0 Å². The largest absolute Gasteiger partial charge is 0.322 e. The monoisotopic (exact) mass is 284 g/mol. The minimum atomic E-state index is -0.457. The van der Waals surface area contributed by atoms with Crippen LogP contribution < -0.4 is 5.32 Å². The topological polar surface area (TPSA) is 72.2 Å². The summed E-state index contributed by atoms with van der Waals surface area (Å²) in [7, 11) is 0. The molecule has 5 nitrogen and oxygen atoms in total. The summed E-state index contributed by atoms with van der Waals surface area (Å²) in [6.45, 7) is 5.57. The Morgan fingerprint density at radius 2 is 1.67 bits per heavy atom. The first-order valence-electron chi connectivity index (χ1n) is 6.52. The van der Waals surface area contributed by atoms with Gasteiger partial charge < -0.3 is 5.32 Å². The van der Waals surface area contributed by atoms with Crippen LogP contribution in [0, 0.1) is 30.9 Å². The van der Waals surface area contributed by atoms with Crippen molar-refractivity contribution >= 4 is 17.3 Å². The fourth-order valence-corrected chi connectivity index (χ4v) is 1.97. The predicted molar refractivity (Wildman–Crippen MR) is 81.7 cm³/mol. The average Bonchev–Trinajstić information content (AvgIpc) is 2.43. The molecule has 0 fully saturated rings. The first-order chi connectivity index (χ1) is 9.88. The van der Waals surface area contributed by atoms with E-state index in [9.17, 15) is 14.9 Å². The molecule has 0 spiro atoms. The average molecular weight is 284 g/mol. The van der Waals surface area contributed by atoms with Crippen LogP contribution in [0.5, 0.6) is 0 Å². The Kier molecular flexibility index (Phi) is 4.03. The Morgan fingerprint density at radius 1 is 1.00 bits per heavy atom. The van der Waals surface area contributed by atoms with Gasteiger partial charge in [0, 0.05) is 22.9 Å². The summed E-state index contributed by atoms with van der Waals surface area (Å²) in [6.07, 6.45) is 0. The van der Waals surface area contributed by atoms with Gasteiger partial charge >= 0.3 is 0 Å². The Balaban J connectivity index is 2.25. The number of aryl methyl sites for hydroxylation is 3. The van der Waals surface area contributed by atoms with Crippen LogP contribution in [0.2, 0.25) is 0 Å². The highest BCUT2D eigenvalue weighted by Gasteiger charge is 2.13. The van der Waals surface area contributed by atoms with Crippen LogP contribution in [-0.2, 0) is 0 Å². The predicted octanol–water partition coefficient (Wildman–Crippen LogP) is 3.77. The summed E-state index contributed by atoms with van der Waals surface area (Å²) in [5.41, 5.74) is 3.63. The Hall–Kier alpha value is -2.69. The first kappa shape index (κ1) is 14.7. The molecule has 0 heterocycles. The molecule has 0 bridgehead atoms. The van der Waals surface area contributed by atoms with Gasteiger partial charge in [0.2, 0.25) is 0 Å². The Bertz CT molecular complexity index is 723. The van der Waals surface area contributed by atoms with Crippen molar-refractivity contribution in [3.8, 4) is 0 Å². The van der Waals surface area contributed by atoms with Gasteiger partial charge in [0.05, 0.1) is 4.92 Å². The number of nitro benzene ring substituents is 1. The number of amides is 1. The summed E-state index contributed by atoms with van der Waals surface area (Å²) in [4.78, 5) is 22.6. The third kappa shape index (κ3) is 3.25. The number of benzene rings is 2. The molecule has 2 aromatic carbocycles. The van der Waals surface area contributed by atoms with E-state index >= 15 is 0 Å². The van der Waals surface area contributed by atoms with Gasteiger partial charge in [-0.1, -0.05) is 12.1 Å². The third-order valence-electron chi connectivity index (χ3n) is 3.43. The lowest BCUT2D eigenvalue weighted by atomic mass is 10.1. The highest BCUT2D eigenvalue weighted by Crippen LogP contribution is 2.23. The second kappa shape index (κ2) is 5.75. The molecule has 2 rings (SSSR count). The molecule has 0 radical (unpaired) electrons. The summed E-state index contributed by atoms with van der Waals surface area (Å²) in [5, 5.41) is 13.6. The van der Waals surface area contributed by atoms with Crippen molar-refractivity contribution in [3.05, 3.63) is 68.8 Å². The van der Waals surface area contributed by atoms with Crippen molar-refractivity contribution in [1.82, 2.24) is 0 Å². The molecule has 21 heavy (non-hydrogen) atoms. The van der Waals surface area contributed by atoms with E-state index in [1.54, 1.807) is 31.2 Å². The number of nitrogens with one attached hydrogen (secondary N) is 1. The van der Waals surface area contributed by atoms with Crippen LogP contribution in [0.25, 0.3) is 0 Å². The molecule has 0 saturated heterocycles. The van der Waals surface area contributed by atoms with Gasteiger partial charge in [-0.2, -0.15) is 0 Å². The first-order valence-corrected chi connectivity index (χ1v) is 6.52. The zero-order valence-electron chi connectivity index (χ0n) is 12.1. The lowest BCUT2D eigenvalue weighted by Crippen LogP contribution is -2.12. The third-order valence-corrected chi connectivity index (χ3v) is 3.43. The maximum Gasteiger partial charge on any atom is 0.274 e. The number of hydrogen-bond donors (Lipinski definition) is 1. The molecule has 2 aromatic rings. The van der Waals surface area contributed by atoms with E-state index in [0.29, 0.717) is 16.8 Å². The summed E-state index contributed by atoms with van der Waals surface area (Å²) >= 11 is 0. The minimum Gasteiger partial charge on any atom is -0.322 e. The molecule has 0 aliphatic rings. The molecular weight excluding hydrogens is 268 g/mol. The summed E-state index contributed by atoms with van der Waals surface area (Å²) in [6, 6.07) is 10.1. The van der Waals surface area contributed by atoms with E-state index < -0.39 is 4.92 Å².